The van der Waals surface area contributed by atoms with Crippen molar-refractivity contribution in [3.8, 4) is 11.8 Å². The number of benzene rings is 3. The highest BCUT2D eigenvalue weighted by atomic mass is 35.5. The Labute approximate surface area is 205 Å². The second-order valence-corrected chi connectivity index (χ2v) is 8.47. The molecule has 0 spiro atoms. The van der Waals surface area contributed by atoms with E-state index in [-0.39, 0.29) is 20.6 Å². The molecule has 0 saturated carbocycles. The Morgan fingerprint density at radius 2 is 1.72 bits per heavy atom. The SMILES string of the molecule is Cc1cccc(COc2c(Cl)cc(/C=C(\C#N)C(=O)Nc3ccc(Cl)c(Cl)c3)cc2Cl)c1. The summed E-state index contributed by atoms with van der Waals surface area (Å²) in [6.45, 7) is 2.29. The van der Waals surface area contributed by atoms with Crippen LogP contribution in [0, 0.1) is 18.3 Å². The zero-order valence-electron chi connectivity index (χ0n) is 16.8. The van der Waals surface area contributed by atoms with Crippen LogP contribution >= 0.6 is 46.4 Å². The van der Waals surface area contributed by atoms with E-state index in [1.807, 2.05) is 37.3 Å². The summed E-state index contributed by atoms with van der Waals surface area (Å²) in [7, 11) is 0. The van der Waals surface area contributed by atoms with E-state index in [2.05, 4.69) is 5.32 Å². The lowest BCUT2D eigenvalue weighted by molar-refractivity contribution is -0.112. The lowest BCUT2D eigenvalue weighted by atomic mass is 10.1. The third kappa shape index (κ3) is 6.18. The van der Waals surface area contributed by atoms with Gasteiger partial charge in [-0.05, 0) is 54.5 Å². The van der Waals surface area contributed by atoms with E-state index in [9.17, 15) is 10.1 Å². The fourth-order valence-corrected chi connectivity index (χ4v) is 3.76. The third-order valence-corrected chi connectivity index (χ3v) is 5.64. The van der Waals surface area contributed by atoms with Gasteiger partial charge in [-0.2, -0.15) is 5.26 Å². The molecule has 162 valence electrons. The first-order chi connectivity index (χ1) is 15.3. The average Bonchev–Trinajstić information content (AvgIpc) is 2.74. The summed E-state index contributed by atoms with van der Waals surface area (Å²) in [5.74, 6) is -0.288. The van der Waals surface area contributed by atoms with Crippen LogP contribution in [0.5, 0.6) is 5.75 Å². The van der Waals surface area contributed by atoms with Crippen LogP contribution in [0.2, 0.25) is 20.1 Å². The average molecular weight is 506 g/mol. The molecule has 0 fully saturated rings. The molecule has 0 saturated heterocycles. The van der Waals surface area contributed by atoms with E-state index < -0.39 is 5.91 Å². The fourth-order valence-electron chi connectivity index (χ4n) is 2.85. The van der Waals surface area contributed by atoms with Gasteiger partial charge < -0.3 is 10.1 Å². The lowest BCUT2D eigenvalue weighted by Gasteiger charge is -2.12. The van der Waals surface area contributed by atoms with Crippen LogP contribution < -0.4 is 10.1 Å². The fraction of sp³-hybridized carbons (Fsp3) is 0.0833. The molecular weight excluding hydrogens is 490 g/mol. The maximum absolute atomic E-state index is 12.5. The van der Waals surface area contributed by atoms with Gasteiger partial charge in [0.05, 0.1) is 20.1 Å². The summed E-state index contributed by atoms with van der Waals surface area (Å²) in [6, 6.07) is 17.5. The van der Waals surface area contributed by atoms with E-state index >= 15 is 0 Å². The van der Waals surface area contributed by atoms with Crippen LogP contribution in [-0.2, 0) is 11.4 Å². The number of nitrogens with zero attached hydrogens (tertiary/aromatic N) is 1. The molecule has 0 aliphatic heterocycles. The van der Waals surface area contributed by atoms with Crippen LogP contribution in [0.3, 0.4) is 0 Å². The Bertz CT molecular complexity index is 1230. The molecule has 32 heavy (non-hydrogen) atoms. The van der Waals surface area contributed by atoms with Crippen molar-refractivity contribution in [1.29, 1.82) is 5.26 Å². The van der Waals surface area contributed by atoms with Gasteiger partial charge in [0.15, 0.2) is 5.75 Å². The van der Waals surface area contributed by atoms with Gasteiger partial charge in [0, 0.05) is 5.69 Å². The standard InChI is InChI=1S/C24H16Cl4N2O2/c1-14-3-2-4-15(7-14)13-32-23-21(27)9-16(10-22(23)28)8-17(12-29)24(31)30-18-5-6-19(25)20(26)11-18/h2-11H,13H2,1H3,(H,30,31)/b17-8+. The number of hydrogen-bond acceptors (Lipinski definition) is 3. The molecule has 0 aromatic heterocycles. The molecule has 0 heterocycles. The second kappa shape index (κ2) is 10.8. The van der Waals surface area contributed by atoms with Gasteiger partial charge in [-0.25, -0.2) is 0 Å². The number of nitriles is 1. The normalized spacial score (nSPS) is 11.1. The molecule has 4 nitrogen and oxygen atoms in total. The molecule has 0 aliphatic carbocycles. The van der Waals surface area contributed by atoms with Crippen molar-refractivity contribution in [3.63, 3.8) is 0 Å². The smallest absolute Gasteiger partial charge is 0.266 e. The Kier molecular flexibility index (Phi) is 8.06. The van der Waals surface area contributed by atoms with Crippen molar-refractivity contribution in [1.82, 2.24) is 0 Å². The van der Waals surface area contributed by atoms with Crippen molar-refractivity contribution >= 4 is 64.1 Å². The third-order valence-electron chi connectivity index (χ3n) is 4.34. The highest BCUT2D eigenvalue weighted by Gasteiger charge is 2.14. The van der Waals surface area contributed by atoms with E-state index in [4.69, 9.17) is 51.1 Å². The molecular formula is C24H16Cl4N2O2. The quantitative estimate of drug-likeness (QED) is 0.275. The molecule has 0 bridgehead atoms. The number of anilines is 1. The molecule has 3 aromatic carbocycles. The number of nitrogens with one attached hydrogen (secondary N) is 1. The maximum Gasteiger partial charge on any atom is 0.266 e. The van der Waals surface area contributed by atoms with Gasteiger partial charge in [0.25, 0.3) is 5.91 Å². The van der Waals surface area contributed by atoms with Gasteiger partial charge >= 0.3 is 0 Å². The largest absolute Gasteiger partial charge is 0.486 e. The van der Waals surface area contributed by atoms with Crippen molar-refractivity contribution in [2.75, 3.05) is 5.32 Å². The van der Waals surface area contributed by atoms with E-state index in [0.717, 1.165) is 11.1 Å². The minimum atomic E-state index is -0.613. The monoisotopic (exact) mass is 504 g/mol. The molecule has 8 heteroatoms. The van der Waals surface area contributed by atoms with Gasteiger partial charge in [-0.1, -0.05) is 76.2 Å². The van der Waals surface area contributed by atoms with Crippen molar-refractivity contribution in [2.24, 2.45) is 0 Å². The predicted octanol–water partition coefficient (Wildman–Crippen LogP) is 7.73. The van der Waals surface area contributed by atoms with Gasteiger partial charge in [-0.3, -0.25) is 4.79 Å². The summed E-state index contributed by atoms with van der Waals surface area (Å²) >= 11 is 24.5. The maximum atomic E-state index is 12.5. The molecule has 0 unspecified atom stereocenters. The molecule has 0 radical (unpaired) electrons. The minimum Gasteiger partial charge on any atom is -0.486 e. The zero-order valence-corrected chi connectivity index (χ0v) is 19.8. The molecule has 1 N–H and O–H groups in total. The van der Waals surface area contributed by atoms with Crippen LogP contribution in [0.1, 0.15) is 16.7 Å². The Hall–Kier alpha value is -2.68. The zero-order chi connectivity index (χ0) is 23.3. The molecule has 0 aliphatic rings. The number of carbonyl (C=O) groups is 1. The van der Waals surface area contributed by atoms with Crippen LogP contribution in [0.25, 0.3) is 6.08 Å². The first kappa shape index (κ1) is 24.0. The number of amides is 1. The Morgan fingerprint density at radius 1 is 1.00 bits per heavy atom. The van der Waals surface area contributed by atoms with E-state index in [0.29, 0.717) is 28.6 Å². The van der Waals surface area contributed by atoms with Crippen LogP contribution in [-0.4, -0.2) is 5.91 Å². The Balaban J connectivity index is 1.77. The number of ether oxygens (including phenoxy) is 1. The summed E-state index contributed by atoms with van der Waals surface area (Å²) in [5, 5.41) is 13.2. The summed E-state index contributed by atoms with van der Waals surface area (Å²) in [6.07, 6.45) is 1.38. The van der Waals surface area contributed by atoms with Crippen LogP contribution in [0.4, 0.5) is 5.69 Å². The second-order valence-electron chi connectivity index (χ2n) is 6.84. The lowest BCUT2D eigenvalue weighted by Crippen LogP contribution is -2.13. The molecule has 3 aromatic rings. The van der Waals surface area contributed by atoms with E-state index in [1.165, 1.54) is 12.1 Å². The Morgan fingerprint density at radius 3 is 2.34 bits per heavy atom. The highest BCUT2D eigenvalue weighted by Crippen LogP contribution is 2.35. The molecule has 0 atom stereocenters. The first-order valence-electron chi connectivity index (χ1n) is 9.32. The number of halogens is 4. The van der Waals surface area contributed by atoms with Gasteiger partial charge in [0.2, 0.25) is 0 Å². The first-order valence-corrected chi connectivity index (χ1v) is 10.8. The summed E-state index contributed by atoms with van der Waals surface area (Å²) in [5.41, 5.74) is 2.83. The molecule has 1 amide bonds. The number of rotatable bonds is 6. The topological polar surface area (TPSA) is 62.1 Å². The highest BCUT2D eigenvalue weighted by molar-refractivity contribution is 6.42. The summed E-state index contributed by atoms with van der Waals surface area (Å²) < 4.78 is 5.79. The predicted molar refractivity (Wildman–Crippen MR) is 131 cm³/mol. The molecule has 3 rings (SSSR count). The van der Waals surface area contributed by atoms with Crippen molar-refractivity contribution in [3.05, 3.63) is 97.0 Å². The van der Waals surface area contributed by atoms with Gasteiger partial charge in [-0.15, -0.1) is 0 Å². The number of hydrogen-bond donors (Lipinski definition) is 1. The number of carbonyl (C=O) groups excluding carboxylic acids is 1. The van der Waals surface area contributed by atoms with Crippen LogP contribution in [0.15, 0.2) is 60.2 Å². The van der Waals surface area contributed by atoms with Crippen molar-refractivity contribution < 1.29 is 9.53 Å². The number of aryl methyl sites for hydroxylation is 1. The summed E-state index contributed by atoms with van der Waals surface area (Å²) in [4.78, 5) is 12.5. The van der Waals surface area contributed by atoms with Gasteiger partial charge in [0.1, 0.15) is 18.2 Å². The van der Waals surface area contributed by atoms with Crippen molar-refractivity contribution in [2.45, 2.75) is 13.5 Å². The minimum absolute atomic E-state index is 0.142. The van der Waals surface area contributed by atoms with E-state index in [1.54, 1.807) is 24.3 Å².